The summed E-state index contributed by atoms with van der Waals surface area (Å²) in [5.41, 5.74) is 2.65. The molecule has 1 saturated carbocycles. The van der Waals surface area contributed by atoms with Gasteiger partial charge >= 0.3 is 5.97 Å². The van der Waals surface area contributed by atoms with Crippen LogP contribution in [0.3, 0.4) is 0 Å². The zero-order valence-corrected chi connectivity index (χ0v) is 17.2. The molecule has 1 aliphatic rings. The predicted molar refractivity (Wildman–Crippen MR) is 111 cm³/mol. The molecule has 5 nitrogen and oxygen atoms in total. The summed E-state index contributed by atoms with van der Waals surface area (Å²) in [4.78, 5) is 27.0. The fraction of sp³-hybridized carbons (Fsp3) is 0.478. The highest BCUT2D eigenvalue weighted by atomic mass is 16.4. The van der Waals surface area contributed by atoms with Crippen molar-refractivity contribution in [1.82, 2.24) is 4.57 Å². The van der Waals surface area contributed by atoms with Gasteiger partial charge < -0.3 is 14.6 Å². The van der Waals surface area contributed by atoms with Crippen molar-refractivity contribution in [2.24, 2.45) is 11.8 Å². The minimum Gasteiger partial charge on any atom is -0.478 e. The summed E-state index contributed by atoms with van der Waals surface area (Å²) in [7, 11) is 0. The van der Waals surface area contributed by atoms with Crippen molar-refractivity contribution < 1.29 is 14.7 Å². The number of carbonyl (C=O) groups is 2. The Hall–Kier alpha value is -2.56. The summed E-state index contributed by atoms with van der Waals surface area (Å²) >= 11 is 0. The molecule has 28 heavy (non-hydrogen) atoms. The molecule has 3 rings (SSSR count). The molecule has 5 heteroatoms. The summed E-state index contributed by atoms with van der Waals surface area (Å²) in [5, 5.41) is 9.78. The second-order valence-electron chi connectivity index (χ2n) is 8.36. The Morgan fingerprint density at radius 3 is 2.21 bits per heavy atom. The van der Waals surface area contributed by atoms with Crippen molar-refractivity contribution in [3.05, 3.63) is 47.8 Å². The van der Waals surface area contributed by atoms with Gasteiger partial charge in [0.25, 0.3) is 0 Å². The first-order chi connectivity index (χ1) is 13.3. The maximum atomic E-state index is 13.3. The van der Waals surface area contributed by atoms with Gasteiger partial charge in [0.1, 0.15) is 5.56 Å². The molecule has 0 aliphatic heterocycles. The lowest BCUT2D eigenvalue weighted by molar-refractivity contribution is -0.123. The van der Waals surface area contributed by atoms with Crippen LogP contribution in [0.4, 0.5) is 5.69 Å². The number of anilines is 1. The molecule has 1 amide bonds. The number of aryl methyl sites for hydroxylation is 1. The van der Waals surface area contributed by atoms with E-state index < -0.39 is 5.97 Å². The topological polar surface area (TPSA) is 62.5 Å². The van der Waals surface area contributed by atoms with E-state index in [-0.39, 0.29) is 23.4 Å². The SMILES string of the molecule is Cc1ccc(-n2cc(C(=O)O)c(N(C(=O)C3CCC(C)CC3)C(C)C)c2)cc1. The molecule has 0 saturated heterocycles. The maximum Gasteiger partial charge on any atom is 0.339 e. The lowest BCUT2D eigenvalue weighted by Crippen LogP contribution is -2.42. The third-order valence-corrected chi connectivity index (χ3v) is 5.75. The van der Waals surface area contributed by atoms with Crippen LogP contribution in [0.5, 0.6) is 0 Å². The number of aromatic nitrogens is 1. The minimum absolute atomic E-state index is 0.0250. The molecule has 0 atom stereocenters. The van der Waals surface area contributed by atoms with Crippen LogP contribution >= 0.6 is 0 Å². The average molecular weight is 383 g/mol. The Bertz CT molecular complexity index is 843. The molecule has 0 spiro atoms. The number of rotatable bonds is 5. The van der Waals surface area contributed by atoms with Crippen molar-refractivity contribution in [2.45, 2.75) is 59.4 Å². The standard InChI is InChI=1S/C23H30N2O3/c1-15(2)25(22(26)18-9-5-16(3)6-10-18)21-14-24(13-20(21)23(27)28)19-11-7-17(4)8-12-19/h7-8,11-16,18H,5-6,9-10H2,1-4H3,(H,27,28). The number of carboxylic acid groups (broad SMARTS) is 1. The van der Waals surface area contributed by atoms with Crippen molar-refractivity contribution in [1.29, 1.82) is 0 Å². The molecule has 2 aromatic rings. The molecule has 1 fully saturated rings. The number of amides is 1. The van der Waals surface area contributed by atoms with Crippen molar-refractivity contribution in [2.75, 3.05) is 4.90 Å². The van der Waals surface area contributed by atoms with Crippen molar-refractivity contribution in [3.8, 4) is 5.69 Å². The molecule has 0 unspecified atom stereocenters. The van der Waals surface area contributed by atoms with E-state index in [1.165, 1.54) is 0 Å². The van der Waals surface area contributed by atoms with Gasteiger partial charge in [0.05, 0.1) is 5.69 Å². The molecule has 1 aromatic heterocycles. The molecule has 1 heterocycles. The van der Waals surface area contributed by atoms with Gasteiger partial charge in [-0.15, -0.1) is 0 Å². The fourth-order valence-electron chi connectivity index (χ4n) is 4.02. The smallest absolute Gasteiger partial charge is 0.339 e. The van der Waals surface area contributed by atoms with Crippen LogP contribution in [0.1, 0.15) is 62.4 Å². The van der Waals surface area contributed by atoms with E-state index >= 15 is 0 Å². The first-order valence-electron chi connectivity index (χ1n) is 10.1. The van der Waals surface area contributed by atoms with Gasteiger partial charge in [-0.1, -0.05) is 24.6 Å². The first-order valence-corrected chi connectivity index (χ1v) is 10.1. The second-order valence-corrected chi connectivity index (χ2v) is 8.36. The maximum absolute atomic E-state index is 13.3. The van der Waals surface area contributed by atoms with E-state index in [9.17, 15) is 14.7 Å². The van der Waals surface area contributed by atoms with Crippen LogP contribution < -0.4 is 4.90 Å². The number of carboxylic acids is 1. The third kappa shape index (κ3) is 4.13. The summed E-state index contributed by atoms with van der Waals surface area (Å²) in [6, 6.07) is 7.77. The monoisotopic (exact) mass is 382 g/mol. The highest BCUT2D eigenvalue weighted by Crippen LogP contribution is 2.33. The van der Waals surface area contributed by atoms with E-state index in [2.05, 4.69) is 6.92 Å². The van der Waals surface area contributed by atoms with E-state index in [1.807, 2.05) is 45.0 Å². The summed E-state index contributed by atoms with van der Waals surface area (Å²) in [5.74, 6) is -0.334. The van der Waals surface area contributed by atoms with Gasteiger partial charge in [0, 0.05) is 30.0 Å². The van der Waals surface area contributed by atoms with Gasteiger partial charge in [-0.3, -0.25) is 4.79 Å². The largest absolute Gasteiger partial charge is 0.478 e. The third-order valence-electron chi connectivity index (χ3n) is 5.75. The number of hydrogen-bond donors (Lipinski definition) is 1. The Balaban J connectivity index is 1.99. The quantitative estimate of drug-likeness (QED) is 0.787. The highest BCUT2D eigenvalue weighted by Gasteiger charge is 2.33. The van der Waals surface area contributed by atoms with Crippen LogP contribution in [0.25, 0.3) is 5.69 Å². The van der Waals surface area contributed by atoms with E-state index in [0.717, 1.165) is 36.9 Å². The Kier molecular flexibility index (Phi) is 5.92. The molecular formula is C23H30N2O3. The Morgan fingerprint density at radius 1 is 1.07 bits per heavy atom. The van der Waals surface area contributed by atoms with E-state index in [0.29, 0.717) is 11.6 Å². The zero-order chi connectivity index (χ0) is 20.4. The lowest BCUT2D eigenvalue weighted by Gasteiger charge is -2.33. The van der Waals surface area contributed by atoms with Gasteiger partial charge in [0.2, 0.25) is 5.91 Å². The minimum atomic E-state index is -1.02. The predicted octanol–water partition coefficient (Wildman–Crippen LogP) is 5.05. The molecular weight excluding hydrogens is 352 g/mol. The van der Waals surface area contributed by atoms with Crippen LogP contribution in [0, 0.1) is 18.8 Å². The summed E-state index contributed by atoms with van der Waals surface area (Å²) in [6.07, 6.45) is 7.25. The van der Waals surface area contributed by atoms with Crippen LogP contribution in [0.2, 0.25) is 0 Å². The van der Waals surface area contributed by atoms with E-state index in [1.54, 1.807) is 21.9 Å². The zero-order valence-electron chi connectivity index (χ0n) is 17.2. The van der Waals surface area contributed by atoms with E-state index in [4.69, 9.17) is 0 Å². The number of carbonyl (C=O) groups excluding carboxylic acids is 1. The molecule has 0 bridgehead atoms. The number of nitrogens with zero attached hydrogens (tertiary/aromatic N) is 2. The molecule has 0 radical (unpaired) electrons. The van der Waals surface area contributed by atoms with Crippen molar-refractivity contribution in [3.63, 3.8) is 0 Å². The lowest BCUT2D eigenvalue weighted by atomic mass is 9.82. The summed E-state index contributed by atoms with van der Waals surface area (Å²) < 4.78 is 1.80. The Labute approximate surface area is 167 Å². The van der Waals surface area contributed by atoms with Gasteiger partial charge in [-0.05, 0) is 64.5 Å². The second kappa shape index (κ2) is 8.21. The van der Waals surface area contributed by atoms with Gasteiger partial charge in [-0.2, -0.15) is 0 Å². The first kappa shape index (κ1) is 20.2. The summed E-state index contributed by atoms with van der Waals surface area (Å²) in [6.45, 7) is 8.12. The van der Waals surface area contributed by atoms with Gasteiger partial charge in [-0.25, -0.2) is 4.79 Å². The average Bonchev–Trinajstić information content (AvgIpc) is 3.07. The number of aromatic carboxylic acids is 1. The van der Waals surface area contributed by atoms with Crippen LogP contribution in [-0.4, -0.2) is 27.6 Å². The molecule has 150 valence electrons. The molecule has 1 aromatic carbocycles. The highest BCUT2D eigenvalue weighted by molar-refractivity contribution is 6.03. The molecule has 1 aliphatic carbocycles. The van der Waals surface area contributed by atoms with Crippen LogP contribution in [-0.2, 0) is 4.79 Å². The van der Waals surface area contributed by atoms with Crippen LogP contribution in [0.15, 0.2) is 36.7 Å². The number of hydrogen-bond acceptors (Lipinski definition) is 2. The van der Waals surface area contributed by atoms with Crippen molar-refractivity contribution >= 4 is 17.6 Å². The Morgan fingerprint density at radius 2 is 1.68 bits per heavy atom. The number of benzene rings is 1. The molecule has 1 N–H and O–H groups in total. The normalized spacial score (nSPS) is 19.6. The van der Waals surface area contributed by atoms with Gasteiger partial charge in [0.15, 0.2) is 0 Å². The fourth-order valence-corrected chi connectivity index (χ4v) is 4.02.